The number of carbonyl (C=O) groups excluding carboxylic acids is 2. The van der Waals surface area contributed by atoms with E-state index in [0.29, 0.717) is 0 Å². The highest BCUT2D eigenvalue weighted by molar-refractivity contribution is 5.93. The highest BCUT2D eigenvalue weighted by atomic mass is 16.2. The van der Waals surface area contributed by atoms with E-state index in [4.69, 9.17) is 0 Å². The number of anilines is 2. The van der Waals surface area contributed by atoms with Crippen LogP contribution in [0.25, 0.3) is 0 Å². The van der Waals surface area contributed by atoms with Crippen LogP contribution in [0.5, 0.6) is 0 Å². The lowest BCUT2D eigenvalue weighted by atomic mass is 10.0. The van der Waals surface area contributed by atoms with Crippen molar-refractivity contribution in [2.24, 2.45) is 5.92 Å². The average molecular weight is 248 g/mol. The van der Waals surface area contributed by atoms with Gasteiger partial charge in [-0.25, -0.2) is 0 Å². The molecular weight excluding hydrogens is 228 g/mol. The first-order valence-electron chi connectivity index (χ1n) is 6.25. The number of amides is 2. The summed E-state index contributed by atoms with van der Waals surface area (Å²) in [4.78, 5) is 22.7. The van der Waals surface area contributed by atoms with Gasteiger partial charge in [0.05, 0.1) is 0 Å². The smallest absolute Gasteiger partial charge is 0.227 e. The van der Waals surface area contributed by atoms with Gasteiger partial charge in [0.25, 0.3) is 0 Å². The van der Waals surface area contributed by atoms with E-state index in [2.05, 4.69) is 10.6 Å². The summed E-state index contributed by atoms with van der Waals surface area (Å²) in [6.45, 7) is 5.48. The molecule has 18 heavy (non-hydrogen) atoms. The van der Waals surface area contributed by atoms with E-state index in [1.165, 1.54) is 6.92 Å². The Morgan fingerprint density at radius 1 is 1.00 bits per heavy atom. The number of hydrogen-bond acceptors (Lipinski definition) is 2. The van der Waals surface area contributed by atoms with Gasteiger partial charge in [-0.15, -0.1) is 0 Å². The van der Waals surface area contributed by atoms with Crippen molar-refractivity contribution in [2.45, 2.75) is 33.6 Å². The maximum absolute atomic E-state index is 11.9. The maximum Gasteiger partial charge on any atom is 0.227 e. The van der Waals surface area contributed by atoms with E-state index in [9.17, 15) is 9.59 Å². The van der Waals surface area contributed by atoms with Crippen molar-refractivity contribution >= 4 is 23.2 Å². The Morgan fingerprint density at radius 3 is 1.83 bits per heavy atom. The molecule has 0 saturated heterocycles. The summed E-state index contributed by atoms with van der Waals surface area (Å²) in [7, 11) is 0. The molecule has 1 rings (SSSR count). The van der Waals surface area contributed by atoms with Gasteiger partial charge < -0.3 is 10.6 Å². The molecule has 0 heterocycles. The Balaban J connectivity index is 2.63. The Labute approximate surface area is 108 Å². The molecule has 2 amide bonds. The zero-order valence-corrected chi connectivity index (χ0v) is 11.1. The van der Waals surface area contributed by atoms with Gasteiger partial charge in [0.2, 0.25) is 11.8 Å². The standard InChI is InChI=1S/C14H20N2O2/c1-4-11(5-2)14(18)16-13-8-6-12(7-9-13)15-10(3)17/h6-9,11H,4-5H2,1-3H3,(H,15,17)(H,16,18). The third kappa shape index (κ3) is 4.20. The van der Waals surface area contributed by atoms with Crippen LogP contribution in [0.2, 0.25) is 0 Å². The van der Waals surface area contributed by atoms with E-state index in [-0.39, 0.29) is 17.7 Å². The van der Waals surface area contributed by atoms with Crippen LogP contribution in [0.3, 0.4) is 0 Å². The largest absolute Gasteiger partial charge is 0.326 e. The van der Waals surface area contributed by atoms with Crippen molar-refractivity contribution in [1.82, 2.24) is 0 Å². The molecule has 0 fully saturated rings. The van der Waals surface area contributed by atoms with Crippen molar-refractivity contribution < 1.29 is 9.59 Å². The highest BCUT2D eigenvalue weighted by Crippen LogP contribution is 2.16. The zero-order valence-electron chi connectivity index (χ0n) is 11.1. The average Bonchev–Trinajstić information content (AvgIpc) is 2.32. The van der Waals surface area contributed by atoms with Crippen molar-refractivity contribution in [3.05, 3.63) is 24.3 Å². The van der Waals surface area contributed by atoms with E-state index in [1.54, 1.807) is 24.3 Å². The van der Waals surface area contributed by atoms with Gasteiger partial charge >= 0.3 is 0 Å². The monoisotopic (exact) mass is 248 g/mol. The molecule has 4 heteroatoms. The maximum atomic E-state index is 11.9. The quantitative estimate of drug-likeness (QED) is 0.841. The van der Waals surface area contributed by atoms with Crippen LogP contribution in [0.4, 0.5) is 11.4 Å². The Morgan fingerprint density at radius 2 is 1.44 bits per heavy atom. The van der Waals surface area contributed by atoms with Crippen molar-refractivity contribution in [3.8, 4) is 0 Å². The van der Waals surface area contributed by atoms with Gasteiger partial charge in [-0.05, 0) is 37.1 Å². The second-order valence-corrected chi connectivity index (χ2v) is 4.26. The van der Waals surface area contributed by atoms with Gasteiger partial charge in [-0.1, -0.05) is 13.8 Å². The molecule has 98 valence electrons. The Hall–Kier alpha value is -1.84. The number of carbonyl (C=O) groups is 2. The van der Waals surface area contributed by atoms with Gasteiger partial charge in [0, 0.05) is 24.2 Å². The molecule has 0 saturated carbocycles. The van der Waals surface area contributed by atoms with E-state index >= 15 is 0 Å². The van der Waals surface area contributed by atoms with Gasteiger partial charge in [-0.2, -0.15) is 0 Å². The first kappa shape index (κ1) is 14.2. The number of benzene rings is 1. The van der Waals surface area contributed by atoms with Crippen LogP contribution >= 0.6 is 0 Å². The van der Waals surface area contributed by atoms with Gasteiger partial charge in [0.1, 0.15) is 0 Å². The minimum Gasteiger partial charge on any atom is -0.326 e. The lowest BCUT2D eigenvalue weighted by Gasteiger charge is -2.13. The van der Waals surface area contributed by atoms with Crippen LogP contribution in [-0.2, 0) is 9.59 Å². The summed E-state index contributed by atoms with van der Waals surface area (Å²) in [5, 5.41) is 5.55. The summed E-state index contributed by atoms with van der Waals surface area (Å²) >= 11 is 0. The molecule has 4 nitrogen and oxygen atoms in total. The fourth-order valence-electron chi connectivity index (χ4n) is 1.74. The van der Waals surface area contributed by atoms with Crippen molar-refractivity contribution in [2.75, 3.05) is 10.6 Å². The molecule has 0 aliphatic carbocycles. The number of nitrogens with one attached hydrogen (secondary N) is 2. The van der Waals surface area contributed by atoms with E-state index < -0.39 is 0 Å². The van der Waals surface area contributed by atoms with Crippen LogP contribution < -0.4 is 10.6 Å². The Bertz CT molecular complexity index is 408. The fraction of sp³-hybridized carbons (Fsp3) is 0.429. The number of hydrogen-bond donors (Lipinski definition) is 2. The molecule has 0 aromatic heterocycles. The molecule has 0 aliphatic heterocycles. The summed E-state index contributed by atoms with van der Waals surface area (Å²) < 4.78 is 0. The minimum absolute atomic E-state index is 0.0484. The lowest BCUT2D eigenvalue weighted by molar-refractivity contribution is -0.120. The molecule has 0 atom stereocenters. The van der Waals surface area contributed by atoms with Crippen molar-refractivity contribution in [3.63, 3.8) is 0 Å². The molecule has 0 radical (unpaired) electrons. The molecular formula is C14H20N2O2. The SMILES string of the molecule is CCC(CC)C(=O)Nc1ccc(NC(C)=O)cc1. The highest BCUT2D eigenvalue weighted by Gasteiger charge is 2.13. The van der Waals surface area contributed by atoms with Crippen LogP contribution in [-0.4, -0.2) is 11.8 Å². The topological polar surface area (TPSA) is 58.2 Å². The molecule has 1 aromatic carbocycles. The summed E-state index contributed by atoms with van der Waals surface area (Å²) in [5.41, 5.74) is 1.48. The van der Waals surface area contributed by atoms with Crippen LogP contribution in [0.15, 0.2) is 24.3 Å². The normalized spacial score (nSPS) is 10.2. The lowest BCUT2D eigenvalue weighted by Crippen LogP contribution is -2.21. The summed E-state index contributed by atoms with van der Waals surface area (Å²) in [6.07, 6.45) is 1.68. The number of rotatable bonds is 5. The minimum atomic E-state index is -0.108. The van der Waals surface area contributed by atoms with Crippen molar-refractivity contribution in [1.29, 1.82) is 0 Å². The van der Waals surface area contributed by atoms with Crippen LogP contribution in [0, 0.1) is 5.92 Å². The second-order valence-electron chi connectivity index (χ2n) is 4.26. The van der Waals surface area contributed by atoms with Gasteiger partial charge in [0.15, 0.2) is 0 Å². The molecule has 0 unspecified atom stereocenters. The zero-order chi connectivity index (χ0) is 13.5. The van der Waals surface area contributed by atoms with E-state index in [1.807, 2.05) is 13.8 Å². The van der Waals surface area contributed by atoms with Crippen LogP contribution in [0.1, 0.15) is 33.6 Å². The first-order valence-corrected chi connectivity index (χ1v) is 6.25. The second kappa shape index (κ2) is 6.79. The fourth-order valence-corrected chi connectivity index (χ4v) is 1.74. The third-order valence-electron chi connectivity index (χ3n) is 2.83. The predicted molar refractivity (Wildman–Crippen MR) is 73.4 cm³/mol. The molecule has 0 aliphatic rings. The molecule has 0 bridgehead atoms. The van der Waals surface area contributed by atoms with E-state index in [0.717, 1.165) is 24.2 Å². The Kier molecular flexibility index (Phi) is 5.36. The summed E-state index contributed by atoms with van der Waals surface area (Å²) in [6, 6.07) is 7.10. The molecule has 2 N–H and O–H groups in total. The first-order chi connectivity index (χ1) is 8.56. The molecule has 1 aromatic rings. The molecule has 0 spiro atoms. The summed E-state index contributed by atoms with van der Waals surface area (Å²) in [5.74, 6) is -0.00360. The third-order valence-corrected chi connectivity index (χ3v) is 2.83. The predicted octanol–water partition coefficient (Wildman–Crippen LogP) is 3.02. The van der Waals surface area contributed by atoms with Gasteiger partial charge in [-0.3, -0.25) is 9.59 Å².